The van der Waals surface area contributed by atoms with E-state index in [1.54, 1.807) is 0 Å². The van der Waals surface area contributed by atoms with Crippen LogP contribution in [0.2, 0.25) is 0 Å². The Hall–Kier alpha value is -2.55. The minimum Gasteiger partial charge on any atom is -0.505 e. The number of phenols is 1. The summed E-state index contributed by atoms with van der Waals surface area (Å²) in [5, 5.41) is 14.9. The minimum absolute atomic E-state index is 0.0190. The minimum atomic E-state index is -0.811. The number of hydrogen-bond acceptors (Lipinski definition) is 5. The highest BCUT2D eigenvalue weighted by molar-refractivity contribution is 9.10. The lowest BCUT2D eigenvalue weighted by Crippen LogP contribution is -2.30. The fourth-order valence-corrected chi connectivity index (χ4v) is 2.07. The number of nitrogens with two attached hydrogens (primary N) is 1. The number of rotatable bonds is 3. The normalized spacial score (nSPS) is 10.4. The number of amides is 1. The van der Waals surface area contributed by atoms with Gasteiger partial charge >= 0.3 is 0 Å². The van der Waals surface area contributed by atoms with Gasteiger partial charge in [-0.1, -0.05) is 6.07 Å². The van der Waals surface area contributed by atoms with E-state index in [0.717, 1.165) is 4.68 Å². The van der Waals surface area contributed by atoms with Crippen LogP contribution in [0, 0.1) is 0 Å². The van der Waals surface area contributed by atoms with E-state index < -0.39 is 22.8 Å². The van der Waals surface area contributed by atoms with Crippen LogP contribution in [0.4, 0.5) is 11.4 Å². The van der Waals surface area contributed by atoms with E-state index >= 15 is 0 Å². The molecule has 0 fully saturated rings. The number of nitrogens with one attached hydrogen (secondary N) is 2. The molecule has 9 heteroatoms. The second-order valence-corrected chi connectivity index (χ2v) is 4.98. The number of aromatic nitrogens is 2. The number of aromatic hydroxyl groups is 1. The summed E-state index contributed by atoms with van der Waals surface area (Å²) in [6, 6.07) is 4.26. The van der Waals surface area contributed by atoms with Gasteiger partial charge in [0, 0.05) is 7.05 Å². The van der Waals surface area contributed by atoms with Crippen molar-refractivity contribution in [3.05, 3.63) is 48.9 Å². The second-order valence-electron chi connectivity index (χ2n) is 4.19. The van der Waals surface area contributed by atoms with Gasteiger partial charge in [0.2, 0.25) is 0 Å². The van der Waals surface area contributed by atoms with Crippen LogP contribution in [-0.4, -0.2) is 20.8 Å². The number of nitrogens with zero attached hydrogens (tertiary/aromatic N) is 1. The Labute approximate surface area is 126 Å². The van der Waals surface area contributed by atoms with E-state index in [2.05, 4.69) is 26.3 Å². The van der Waals surface area contributed by atoms with Crippen molar-refractivity contribution in [3.63, 3.8) is 0 Å². The monoisotopic (exact) mass is 354 g/mol. The van der Waals surface area contributed by atoms with E-state index in [1.165, 1.54) is 25.2 Å². The van der Waals surface area contributed by atoms with Crippen LogP contribution < -0.4 is 22.2 Å². The topological polar surface area (TPSA) is 130 Å². The van der Waals surface area contributed by atoms with Gasteiger partial charge in [-0.3, -0.25) is 24.2 Å². The van der Waals surface area contributed by atoms with Gasteiger partial charge in [-0.05, 0) is 28.1 Å². The summed E-state index contributed by atoms with van der Waals surface area (Å²) < 4.78 is 0.971. The molecule has 0 bridgehead atoms. The Balaban J connectivity index is 2.59. The number of H-pyrrole nitrogens is 1. The average Bonchev–Trinajstić information content (AvgIpc) is 2.42. The molecule has 0 aliphatic heterocycles. The van der Waals surface area contributed by atoms with Crippen LogP contribution in [0.5, 0.6) is 5.75 Å². The molecule has 21 heavy (non-hydrogen) atoms. The third-order valence-corrected chi connectivity index (χ3v) is 3.52. The van der Waals surface area contributed by atoms with Crippen LogP contribution in [0.1, 0.15) is 10.4 Å². The molecule has 1 aromatic carbocycles. The number of hydrogen-bond donors (Lipinski definition) is 4. The second kappa shape index (κ2) is 5.44. The Bertz CT molecular complexity index is 840. The molecule has 110 valence electrons. The maximum atomic E-state index is 12.0. The number of para-hydroxylation sites is 1. The lowest BCUT2D eigenvalue weighted by atomic mass is 10.1. The number of primary amides is 1. The van der Waals surface area contributed by atoms with Gasteiger partial charge in [0.1, 0.15) is 10.2 Å². The predicted octanol–water partition coefficient (Wildman–Crippen LogP) is 0.384. The molecule has 0 unspecified atom stereocenters. The Morgan fingerprint density at radius 3 is 2.71 bits per heavy atom. The molecule has 5 N–H and O–H groups in total. The van der Waals surface area contributed by atoms with Crippen molar-refractivity contribution in [2.75, 3.05) is 5.32 Å². The lowest BCUT2D eigenvalue weighted by Gasteiger charge is -2.11. The van der Waals surface area contributed by atoms with Gasteiger partial charge in [-0.15, -0.1) is 0 Å². The maximum absolute atomic E-state index is 12.0. The largest absolute Gasteiger partial charge is 0.505 e. The summed E-state index contributed by atoms with van der Waals surface area (Å²) in [5.74, 6) is -1.21. The number of halogens is 1. The van der Waals surface area contributed by atoms with Crippen molar-refractivity contribution in [1.82, 2.24) is 9.78 Å². The third kappa shape index (κ3) is 2.68. The zero-order valence-electron chi connectivity index (χ0n) is 10.8. The molecule has 0 atom stereocenters. The first kappa shape index (κ1) is 14.9. The molecule has 0 aliphatic rings. The fourth-order valence-electron chi connectivity index (χ4n) is 1.71. The van der Waals surface area contributed by atoms with Gasteiger partial charge < -0.3 is 16.2 Å². The summed E-state index contributed by atoms with van der Waals surface area (Å²) in [7, 11) is 1.38. The molecule has 0 saturated carbocycles. The molecule has 0 radical (unpaired) electrons. The molecular formula is C12H11BrN4O4. The molecule has 0 spiro atoms. The number of carbonyl (C=O) groups excluding carboxylic acids is 1. The Kier molecular flexibility index (Phi) is 3.85. The molecule has 8 nitrogen and oxygen atoms in total. The number of benzene rings is 1. The van der Waals surface area contributed by atoms with Gasteiger partial charge in [-0.2, -0.15) is 0 Å². The summed E-state index contributed by atoms with van der Waals surface area (Å²) in [6.07, 6.45) is 0. The number of anilines is 2. The van der Waals surface area contributed by atoms with Crippen LogP contribution >= 0.6 is 15.9 Å². The number of carbonyl (C=O) groups is 1. The van der Waals surface area contributed by atoms with Crippen LogP contribution in [-0.2, 0) is 7.05 Å². The van der Waals surface area contributed by atoms with Gasteiger partial charge in [0.25, 0.3) is 17.0 Å². The number of aryl methyl sites for hydroxylation is 1. The SMILES string of the molecule is Cn1[nH]c(=O)c(Br)c(Nc2cccc(C(N)=O)c2O)c1=O. The van der Waals surface area contributed by atoms with Crippen molar-refractivity contribution < 1.29 is 9.90 Å². The van der Waals surface area contributed by atoms with E-state index in [1.807, 2.05) is 0 Å². The van der Waals surface area contributed by atoms with E-state index in [-0.39, 0.29) is 21.4 Å². The van der Waals surface area contributed by atoms with Crippen LogP contribution in [0.3, 0.4) is 0 Å². The van der Waals surface area contributed by atoms with E-state index in [9.17, 15) is 19.5 Å². The predicted molar refractivity (Wildman–Crippen MR) is 79.9 cm³/mol. The third-order valence-electron chi connectivity index (χ3n) is 2.77. The first-order chi connectivity index (χ1) is 9.82. The van der Waals surface area contributed by atoms with Gasteiger partial charge in [-0.25, -0.2) is 0 Å². The highest BCUT2D eigenvalue weighted by Gasteiger charge is 2.16. The summed E-state index contributed by atoms with van der Waals surface area (Å²) in [5.41, 5.74) is 3.99. The number of aromatic amines is 1. The quantitative estimate of drug-likeness (QED) is 0.592. The molecule has 2 aromatic rings. The van der Waals surface area contributed by atoms with Crippen LogP contribution in [0.25, 0.3) is 0 Å². The molecule has 1 heterocycles. The zero-order chi connectivity index (χ0) is 15.7. The fraction of sp³-hybridized carbons (Fsp3) is 0.0833. The molecular weight excluding hydrogens is 344 g/mol. The Morgan fingerprint density at radius 2 is 2.10 bits per heavy atom. The van der Waals surface area contributed by atoms with Gasteiger partial charge in [0.15, 0.2) is 5.75 Å². The van der Waals surface area contributed by atoms with Crippen molar-refractivity contribution in [2.24, 2.45) is 12.8 Å². The lowest BCUT2D eigenvalue weighted by molar-refractivity contribution is 0.0998. The van der Waals surface area contributed by atoms with E-state index in [0.29, 0.717) is 0 Å². The molecule has 2 rings (SSSR count). The maximum Gasteiger partial charge on any atom is 0.289 e. The smallest absolute Gasteiger partial charge is 0.289 e. The highest BCUT2D eigenvalue weighted by atomic mass is 79.9. The summed E-state index contributed by atoms with van der Waals surface area (Å²) in [6.45, 7) is 0. The van der Waals surface area contributed by atoms with E-state index in [4.69, 9.17) is 5.73 Å². The first-order valence-corrected chi connectivity index (χ1v) is 6.50. The van der Waals surface area contributed by atoms with Crippen molar-refractivity contribution in [1.29, 1.82) is 0 Å². The Morgan fingerprint density at radius 1 is 1.43 bits per heavy atom. The zero-order valence-corrected chi connectivity index (χ0v) is 12.4. The standard InChI is InChI=1S/C12H11BrN4O4/c1-17-12(21)8(7(13)11(20)16-17)15-6-4-2-3-5(9(6)18)10(14)19/h2-4,15,18H,1H3,(H2,14,19)(H,16,20). The molecule has 1 amide bonds. The molecule has 0 aliphatic carbocycles. The van der Waals surface area contributed by atoms with Crippen LogP contribution in [0.15, 0.2) is 32.3 Å². The summed E-state index contributed by atoms with van der Waals surface area (Å²) >= 11 is 3.00. The van der Waals surface area contributed by atoms with Crippen molar-refractivity contribution in [3.8, 4) is 5.75 Å². The first-order valence-electron chi connectivity index (χ1n) is 5.70. The van der Waals surface area contributed by atoms with Crippen molar-refractivity contribution in [2.45, 2.75) is 0 Å². The summed E-state index contributed by atoms with van der Waals surface area (Å²) in [4.78, 5) is 34.8. The average molecular weight is 355 g/mol. The molecule has 0 saturated heterocycles. The van der Waals surface area contributed by atoms with Gasteiger partial charge in [0.05, 0.1) is 11.3 Å². The van der Waals surface area contributed by atoms with Crippen molar-refractivity contribution >= 4 is 33.2 Å². The highest BCUT2D eigenvalue weighted by Crippen LogP contribution is 2.30. The molecule has 1 aromatic heterocycles.